The first kappa shape index (κ1) is 12.0. The van der Waals surface area contributed by atoms with Crippen molar-refractivity contribution in [3.8, 4) is 6.07 Å². The van der Waals surface area contributed by atoms with Gasteiger partial charge in [-0.3, -0.25) is 0 Å². The first-order chi connectivity index (χ1) is 9.28. The lowest BCUT2D eigenvalue weighted by atomic mass is 10.1. The van der Waals surface area contributed by atoms with Crippen molar-refractivity contribution in [2.24, 2.45) is 5.92 Å². The van der Waals surface area contributed by atoms with Gasteiger partial charge in [0.2, 0.25) is 0 Å². The highest BCUT2D eigenvalue weighted by Gasteiger charge is 2.21. The van der Waals surface area contributed by atoms with Crippen LogP contribution in [0.15, 0.2) is 30.3 Å². The molecule has 0 N–H and O–H groups in total. The van der Waals surface area contributed by atoms with E-state index in [0.717, 1.165) is 29.1 Å². The van der Waals surface area contributed by atoms with Crippen LogP contribution in [-0.2, 0) is 0 Å². The van der Waals surface area contributed by atoms with Crippen LogP contribution < -0.4 is 4.90 Å². The van der Waals surface area contributed by atoms with Crippen LogP contribution in [0.4, 0.5) is 5.69 Å². The molecule has 1 aliphatic rings. The molecule has 1 heterocycles. The third-order valence-electron chi connectivity index (χ3n) is 3.79. The number of benzene rings is 1. The van der Waals surface area contributed by atoms with Crippen molar-refractivity contribution < 1.29 is 0 Å². The van der Waals surface area contributed by atoms with Gasteiger partial charge in [-0.15, -0.1) is 0 Å². The number of anilines is 1. The number of nitrogens with zero attached hydrogens (tertiary/aromatic N) is 3. The van der Waals surface area contributed by atoms with Gasteiger partial charge in [-0.25, -0.2) is 4.98 Å². The van der Waals surface area contributed by atoms with E-state index in [4.69, 9.17) is 5.26 Å². The van der Waals surface area contributed by atoms with Crippen LogP contribution in [0.1, 0.15) is 25.0 Å². The van der Waals surface area contributed by atoms with Crippen LogP contribution in [-0.4, -0.2) is 18.6 Å². The Kier molecular flexibility index (Phi) is 3.08. The number of rotatable bonds is 4. The molecule has 1 aliphatic carbocycles. The fraction of sp³-hybridized carbons (Fsp3) is 0.375. The molecule has 1 saturated carbocycles. The molecule has 3 nitrogen and oxygen atoms in total. The van der Waals surface area contributed by atoms with Gasteiger partial charge in [0.1, 0.15) is 11.8 Å². The zero-order valence-electron chi connectivity index (χ0n) is 11.1. The van der Waals surface area contributed by atoms with Gasteiger partial charge >= 0.3 is 0 Å². The molecule has 3 rings (SSSR count). The predicted molar refractivity (Wildman–Crippen MR) is 77.1 cm³/mol. The summed E-state index contributed by atoms with van der Waals surface area (Å²) in [6.07, 6.45) is 4.01. The van der Waals surface area contributed by atoms with Crippen molar-refractivity contribution in [3.05, 3.63) is 36.0 Å². The Morgan fingerprint density at radius 3 is 2.89 bits per heavy atom. The predicted octanol–water partition coefficient (Wildman–Crippen LogP) is 3.34. The van der Waals surface area contributed by atoms with E-state index in [-0.39, 0.29) is 0 Å². The molecule has 1 aromatic heterocycles. The van der Waals surface area contributed by atoms with Crippen LogP contribution in [0, 0.1) is 17.2 Å². The maximum atomic E-state index is 9.10. The molecule has 1 fully saturated rings. The summed E-state index contributed by atoms with van der Waals surface area (Å²) in [7, 11) is 2.10. The van der Waals surface area contributed by atoms with Gasteiger partial charge in [0, 0.05) is 24.7 Å². The number of fused-ring (bicyclic) bond motifs is 1. The highest BCUT2D eigenvalue weighted by molar-refractivity contribution is 5.92. The van der Waals surface area contributed by atoms with Crippen molar-refractivity contribution in [1.29, 1.82) is 5.26 Å². The number of para-hydroxylation sites is 1. The Morgan fingerprint density at radius 2 is 2.16 bits per heavy atom. The van der Waals surface area contributed by atoms with E-state index >= 15 is 0 Å². The summed E-state index contributed by atoms with van der Waals surface area (Å²) in [5.74, 6) is 0.922. The Labute approximate surface area is 113 Å². The molecule has 2 aromatic rings. The first-order valence-electron chi connectivity index (χ1n) is 6.79. The number of hydrogen-bond acceptors (Lipinski definition) is 3. The normalized spacial score (nSPS) is 14.3. The lowest BCUT2D eigenvalue weighted by Crippen LogP contribution is -2.19. The molecule has 0 radical (unpaired) electrons. The average molecular weight is 251 g/mol. The van der Waals surface area contributed by atoms with Gasteiger partial charge in [0.05, 0.1) is 5.52 Å². The van der Waals surface area contributed by atoms with E-state index in [1.165, 1.54) is 19.3 Å². The largest absolute Gasteiger partial charge is 0.374 e. The minimum absolute atomic E-state index is 0.493. The number of aromatic nitrogens is 1. The van der Waals surface area contributed by atoms with E-state index in [2.05, 4.69) is 29.1 Å². The van der Waals surface area contributed by atoms with Crippen molar-refractivity contribution in [1.82, 2.24) is 4.98 Å². The topological polar surface area (TPSA) is 39.9 Å². The molecule has 0 saturated heterocycles. The third-order valence-corrected chi connectivity index (χ3v) is 3.79. The second-order valence-electron chi connectivity index (χ2n) is 5.31. The number of nitriles is 1. The maximum Gasteiger partial charge on any atom is 0.143 e. The van der Waals surface area contributed by atoms with Crippen LogP contribution in [0.25, 0.3) is 10.9 Å². The summed E-state index contributed by atoms with van der Waals surface area (Å²) in [6.45, 7) is 1.05. The Balaban J connectivity index is 1.97. The maximum absolute atomic E-state index is 9.10. The molecule has 0 unspecified atom stereocenters. The fourth-order valence-electron chi connectivity index (χ4n) is 2.43. The second kappa shape index (κ2) is 4.89. The lowest BCUT2D eigenvalue weighted by Gasteiger charge is -2.21. The van der Waals surface area contributed by atoms with Crippen molar-refractivity contribution in [3.63, 3.8) is 0 Å². The molecule has 0 bridgehead atoms. The molecule has 3 heteroatoms. The lowest BCUT2D eigenvalue weighted by molar-refractivity contribution is 0.712. The smallest absolute Gasteiger partial charge is 0.143 e. The molecular weight excluding hydrogens is 234 g/mol. The van der Waals surface area contributed by atoms with Gasteiger partial charge < -0.3 is 4.90 Å². The molecule has 0 aliphatic heterocycles. The Hall–Kier alpha value is -2.08. The van der Waals surface area contributed by atoms with Gasteiger partial charge in [-0.1, -0.05) is 31.0 Å². The molecular formula is C16H17N3. The average Bonchev–Trinajstić information content (AvgIpc) is 3.27. The minimum Gasteiger partial charge on any atom is -0.374 e. The highest BCUT2D eigenvalue weighted by atomic mass is 15.1. The van der Waals surface area contributed by atoms with Gasteiger partial charge in [-0.05, 0) is 24.5 Å². The van der Waals surface area contributed by atoms with E-state index in [1.807, 2.05) is 24.3 Å². The summed E-state index contributed by atoms with van der Waals surface area (Å²) in [4.78, 5) is 6.61. The fourth-order valence-corrected chi connectivity index (χ4v) is 2.43. The third kappa shape index (κ3) is 2.53. The monoisotopic (exact) mass is 251 g/mol. The molecule has 19 heavy (non-hydrogen) atoms. The summed E-state index contributed by atoms with van der Waals surface area (Å²) in [5, 5.41) is 10.2. The SMILES string of the molecule is CN(CCC1CC1)c1cc(C#N)nc2ccccc12. The first-order valence-corrected chi connectivity index (χ1v) is 6.79. The van der Waals surface area contributed by atoms with Crippen molar-refractivity contribution in [2.45, 2.75) is 19.3 Å². The Morgan fingerprint density at radius 1 is 1.37 bits per heavy atom. The summed E-state index contributed by atoms with van der Waals surface area (Å²) in [6, 6.07) is 12.1. The summed E-state index contributed by atoms with van der Waals surface area (Å²) >= 11 is 0. The van der Waals surface area contributed by atoms with E-state index < -0.39 is 0 Å². The minimum atomic E-state index is 0.493. The zero-order valence-corrected chi connectivity index (χ0v) is 11.1. The van der Waals surface area contributed by atoms with E-state index in [0.29, 0.717) is 5.69 Å². The number of pyridine rings is 1. The standard InChI is InChI=1S/C16H17N3/c1-19(9-8-12-6-7-12)16-10-13(11-17)18-15-5-3-2-4-14(15)16/h2-5,10,12H,6-9H2,1H3. The van der Waals surface area contributed by atoms with Gasteiger partial charge in [0.25, 0.3) is 0 Å². The van der Waals surface area contributed by atoms with Crippen LogP contribution in [0.3, 0.4) is 0 Å². The Bertz CT molecular complexity index is 638. The molecule has 0 amide bonds. The summed E-state index contributed by atoms with van der Waals surface area (Å²) < 4.78 is 0. The van der Waals surface area contributed by atoms with Crippen molar-refractivity contribution in [2.75, 3.05) is 18.5 Å². The molecule has 1 aromatic carbocycles. The van der Waals surface area contributed by atoms with Crippen LogP contribution in [0.2, 0.25) is 0 Å². The van der Waals surface area contributed by atoms with E-state index in [9.17, 15) is 0 Å². The number of hydrogen-bond donors (Lipinski definition) is 0. The second-order valence-corrected chi connectivity index (χ2v) is 5.31. The zero-order chi connectivity index (χ0) is 13.2. The van der Waals surface area contributed by atoms with Crippen molar-refractivity contribution >= 4 is 16.6 Å². The van der Waals surface area contributed by atoms with Gasteiger partial charge in [0.15, 0.2) is 0 Å². The van der Waals surface area contributed by atoms with E-state index in [1.54, 1.807) is 0 Å². The molecule has 96 valence electrons. The molecule has 0 spiro atoms. The van der Waals surface area contributed by atoms with Gasteiger partial charge in [-0.2, -0.15) is 5.26 Å². The van der Waals surface area contributed by atoms with Crippen LogP contribution >= 0.6 is 0 Å². The van der Waals surface area contributed by atoms with Crippen LogP contribution in [0.5, 0.6) is 0 Å². The summed E-state index contributed by atoms with van der Waals surface area (Å²) in [5.41, 5.74) is 2.50. The highest BCUT2D eigenvalue weighted by Crippen LogP contribution is 2.33. The molecule has 0 atom stereocenters. The quantitative estimate of drug-likeness (QED) is 0.836.